The largest absolute Gasteiger partial charge is 0.508 e. The molecule has 16 heavy (non-hydrogen) atoms. The Labute approximate surface area is 90.4 Å². The van der Waals surface area contributed by atoms with Gasteiger partial charge in [-0.1, -0.05) is 12.1 Å². The Balaban J connectivity index is 2.69. The standard InChI is InChI=1S/C9H9F3O3S/c10-9(11,12)16(14,15)6-5-7-1-3-8(13)4-2-7/h1-4,13H,5-6H2. The van der Waals surface area contributed by atoms with Crippen LogP contribution in [0.25, 0.3) is 0 Å². The average Bonchev–Trinajstić information content (AvgIpc) is 2.15. The van der Waals surface area contributed by atoms with E-state index in [1.165, 1.54) is 24.3 Å². The molecule has 0 spiro atoms. The van der Waals surface area contributed by atoms with Gasteiger partial charge in [-0.05, 0) is 24.1 Å². The third-order valence-electron chi connectivity index (χ3n) is 1.95. The second-order valence-corrected chi connectivity index (χ2v) is 5.28. The normalized spacial score (nSPS) is 12.7. The maximum absolute atomic E-state index is 12.0. The Morgan fingerprint density at radius 1 is 1.12 bits per heavy atom. The molecule has 0 saturated heterocycles. The summed E-state index contributed by atoms with van der Waals surface area (Å²) >= 11 is 0. The van der Waals surface area contributed by atoms with Crippen molar-refractivity contribution in [3.05, 3.63) is 29.8 Å². The Bertz CT molecular complexity index is 448. The maximum atomic E-state index is 12.0. The van der Waals surface area contributed by atoms with Gasteiger partial charge in [-0.2, -0.15) is 13.2 Å². The minimum Gasteiger partial charge on any atom is -0.508 e. The van der Waals surface area contributed by atoms with Gasteiger partial charge in [0.1, 0.15) is 5.75 Å². The van der Waals surface area contributed by atoms with Gasteiger partial charge in [0.25, 0.3) is 0 Å². The lowest BCUT2D eigenvalue weighted by molar-refractivity contribution is -0.0435. The van der Waals surface area contributed by atoms with Gasteiger partial charge in [0.2, 0.25) is 9.84 Å². The Kier molecular flexibility index (Phi) is 3.47. The molecular formula is C9H9F3O3S. The zero-order valence-electron chi connectivity index (χ0n) is 8.03. The smallest absolute Gasteiger partial charge is 0.497 e. The van der Waals surface area contributed by atoms with Crippen molar-refractivity contribution in [3.63, 3.8) is 0 Å². The number of phenols is 1. The fourth-order valence-corrected chi connectivity index (χ4v) is 1.77. The number of aryl methyl sites for hydroxylation is 1. The van der Waals surface area contributed by atoms with E-state index in [0.29, 0.717) is 5.56 Å². The molecule has 0 heterocycles. The highest BCUT2D eigenvalue weighted by atomic mass is 32.2. The number of phenolic OH excluding ortho intramolecular Hbond substituents is 1. The molecule has 1 aromatic rings. The van der Waals surface area contributed by atoms with Crippen molar-refractivity contribution in [2.75, 3.05) is 5.75 Å². The molecule has 0 aliphatic heterocycles. The van der Waals surface area contributed by atoms with Gasteiger partial charge in [-0.25, -0.2) is 8.42 Å². The van der Waals surface area contributed by atoms with Crippen molar-refractivity contribution in [2.45, 2.75) is 11.9 Å². The quantitative estimate of drug-likeness (QED) is 0.895. The van der Waals surface area contributed by atoms with Gasteiger partial charge in [0.15, 0.2) is 0 Å². The highest BCUT2D eigenvalue weighted by Gasteiger charge is 2.44. The Morgan fingerprint density at radius 3 is 2.06 bits per heavy atom. The molecule has 1 rings (SSSR count). The van der Waals surface area contributed by atoms with Crippen LogP contribution in [0.5, 0.6) is 5.75 Å². The molecule has 0 radical (unpaired) electrons. The third-order valence-corrected chi connectivity index (χ3v) is 3.40. The van der Waals surface area contributed by atoms with E-state index in [2.05, 4.69) is 0 Å². The van der Waals surface area contributed by atoms with Gasteiger partial charge >= 0.3 is 5.51 Å². The number of alkyl halides is 3. The van der Waals surface area contributed by atoms with Gasteiger partial charge in [0, 0.05) is 0 Å². The van der Waals surface area contributed by atoms with E-state index >= 15 is 0 Å². The summed E-state index contributed by atoms with van der Waals surface area (Å²) in [5.41, 5.74) is -4.78. The molecule has 1 N–H and O–H groups in total. The molecule has 0 atom stereocenters. The molecule has 0 unspecified atom stereocenters. The summed E-state index contributed by atoms with van der Waals surface area (Å²) in [5.74, 6) is -1.01. The van der Waals surface area contributed by atoms with E-state index in [0.717, 1.165) is 0 Å². The zero-order valence-corrected chi connectivity index (χ0v) is 8.85. The van der Waals surface area contributed by atoms with Crippen LogP contribution in [0.1, 0.15) is 5.56 Å². The van der Waals surface area contributed by atoms with E-state index in [1.54, 1.807) is 0 Å². The summed E-state index contributed by atoms with van der Waals surface area (Å²) in [6.07, 6.45) is -0.234. The molecule has 1 aromatic carbocycles. The number of aromatic hydroxyl groups is 1. The van der Waals surface area contributed by atoms with Gasteiger partial charge in [0.05, 0.1) is 5.75 Å². The van der Waals surface area contributed by atoms with Crippen LogP contribution >= 0.6 is 0 Å². The van der Waals surface area contributed by atoms with E-state index in [-0.39, 0.29) is 12.2 Å². The predicted molar refractivity (Wildman–Crippen MR) is 51.7 cm³/mol. The number of sulfone groups is 1. The molecule has 0 aliphatic rings. The van der Waals surface area contributed by atoms with E-state index in [1.807, 2.05) is 0 Å². The minimum atomic E-state index is -5.20. The Hall–Kier alpha value is -1.24. The molecule has 0 bridgehead atoms. The van der Waals surface area contributed by atoms with Crippen LogP contribution in [0, 0.1) is 0 Å². The van der Waals surface area contributed by atoms with Crippen molar-refractivity contribution in [1.82, 2.24) is 0 Å². The lowest BCUT2D eigenvalue weighted by Crippen LogP contribution is -2.26. The average molecular weight is 254 g/mol. The van der Waals surface area contributed by atoms with Gasteiger partial charge < -0.3 is 5.11 Å². The highest BCUT2D eigenvalue weighted by Crippen LogP contribution is 2.24. The summed E-state index contributed by atoms with van der Waals surface area (Å²) < 4.78 is 57.4. The Morgan fingerprint density at radius 2 is 1.62 bits per heavy atom. The molecule has 0 amide bonds. The van der Waals surface area contributed by atoms with Crippen molar-refractivity contribution in [3.8, 4) is 5.75 Å². The lowest BCUT2D eigenvalue weighted by atomic mass is 10.2. The second kappa shape index (κ2) is 4.32. The lowest BCUT2D eigenvalue weighted by Gasteiger charge is -2.07. The van der Waals surface area contributed by atoms with Crippen LogP contribution in [0.15, 0.2) is 24.3 Å². The molecule has 90 valence electrons. The summed E-state index contributed by atoms with van der Waals surface area (Å²) in [6.45, 7) is 0. The fourth-order valence-electron chi connectivity index (χ4n) is 1.03. The first-order valence-corrected chi connectivity index (χ1v) is 5.94. The van der Waals surface area contributed by atoms with E-state index in [9.17, 15) is 21.6 Å². The van der Waals surface area contributed by atoms with Crippen LogP contribution in [0.3, 0.4) is 0 Å². The first-order valence-electron chi connectivity index (χ1n) is 4.29. The van der Waals surface area contributed by atoms with Crippen LogP contribution in [-0.4, -0.2) is 24.8 Å². The number of benzene rings is 1. The molecule has 0 aromatic heterocycles. The second-order valence-electron chi connectivity index (χ2n) is 3.18. The molecule has 0 fully saturated rings. The molecular weight excluding hydrogens is 245 g/mol. The predicted octanol–water partition coefficient (Wildman–Crippen LogP) is 1.87. The van der Waals surface area contributed by atoms with Crippen LogP contribution in [-0.2, 0) is 16.3 Å². The van der Waals surface area contributed by atoms with E-state index in [4.69, 9.17) is 5.11 Å². The van der Waals surface area contributed by atoms with Crippen molar-refractivity contribution < 1.29 is 26.7 Å². The van der Waals surface area contributed by atoms with Crippen LogP contribution in [0.4, 0.5) is 13.2 Å². The van der Waals surface area contributed by atoms with Crippen molar-refractivity contribution in [1.29, 1.82) is 0 Å². The molecule has 0 aliphatic carbocycles. The summed E-state index contributed by atoms with van der Waals surface area (Å²) in [5, 5.41) is 8.92. The topological polar surface area (TPSA) is 54.4 Å². The number of halogens is 3. The fraction of sp³-hybridized carbons (Fsp3) is 0.333. The number of hydrogen-bond donors (Lipinski definition) is 1. The molecule has 0 saturated carbocycles. The first kappa shape index (κ1) is 12.8. The monoisotopic (exact) mass is 254 g/mol. The highest BCUT2D eigenvalue weighted by molar-refractivity contribution is 7.92. The summed E-state index contributed by atoms with van der Waals surface area (Å²) in [7, 11) is -5.07. The summed E-state index contributed by atoms with van der Waals surface area (Å²) in [6, 6.07) is 5.33. The number of rotatable bonds is 3. The van der Waals surface area contributed by atoms with Gasteiger partial charge in [-0.3, -0.25) is 0 Å². The van der Waals surface area contributed by atoms with Gasteiger partial charge in [-0.15, -0.1) is 0 Å². The van der Waals surface area contributed by atoms with Crippen LogP contribution < -0.4 is 0 Å². The van der Waals surface area contributed by atoms with E-state index < -0.39 is 21.1 Å². The number of hydrogen-bond acceptors (Lipinski definition) is 3. The zero-order chi connectivity index (χ0) is 12.4. The molecule has 3 nitrogen and oxygen atoms in total. The SMILES string of the molecule is O=S(=O)(CCc1ccc(O)cc1)C(F)(F)F. The van der Waals surface area contributed by atoms with Crippen molar-refractivity contribution >= 4 is 9.84 Å². The maximum Gasteiger partial charge on any atom is 0.497 e. The summed E-state index contributed by atoms with van der Waals surface area (Å²) in [4.78, 5) is 0. The molecule has 7 heteroatoms. The minimum absolute atomic E-state index is 0.0255. The first-order chi connectivity index (χ1) is 7.22. The van der Waals surface area contributed by atoms with Crippen LogP contribution in [0.2, 0.25) is 0 Å². The third kappa shape index (κ3) is 3.13. The van der Waals surface area contributed by atoms with Crippen molar-refractivity contribution in [2.24, 2.45) is 0 Å².